The Labute approximate surface area is 64.4 Å². The SMILES string of the molecule is O=C(O)C1CC2CCC1C2=O. The van der Waals surface area contributed by atoms with Gasteiger partial charge in [0.15, 0.2) is 0 Å². The van der Waals surface area contributed by atoms with Crippen LogP contribution in [0.1, 0.15) is 19.3 Å². The molecule has 2 saturated carbocycles. The Balaban J connectivity index is 2.21. The van der Waals surface area contributed by atoms with Gasteiger partial charge in [0, 0.05) is 11.8 Å². The highest BCUT2D eigenvalue weighted by molar-refractivity contribution is 5.93. The van der Waals surface area contributed by atoms with Crippen molar-refractivity contribution in [2.75, 3.05) is 0 Å². The summed E-state index contributed by atoms with van der Waals surface area (Å²) < 4.78 is 0. The molecule has 0 amide bonds. The van der Waals surface area contributed by atoms with Crippen molar-refractivity contribution in [3.8, 4) is 0 Å². The molecular formula is C8H10O3. The van der Waals surface area contributed by atoms with Gasteiger partial charge in [-0.2, -0.15) is 0 Å². The lowest BCUT2D eigenvalue weighted by atomic mass is 9.89. The van der Waals surface area contributed by atoms with E-state index in [1.165, 1.54) is 0 Å². The molecule has 2 rings (SSSR count). The molecule has 0 spiro atoms. The van der Waals surface area contributed by atoms with E-state index in [9.17, 15) is 9.59 Å². The van der Waals surface area contributed by atoms with Gasteiger partial charge in [-0.15, -0.1) is 0 Å². The molecule has 2 aliphatic carbocycles. The number of carboxylic acid groups (broad SMARTS) is 1. The molecule has 0 aromatic carbocycles. The van der Waals surface area contributed by atoms with Crippen molar-refractivity contribution < 1.29 is 14.7 Å². The van der Waals surface area contributed by atoms with Gasteiger partial charge < -0.3 is 5.11 Å². The molecule has 0 heterocycles. The molecule has 0 radical (unpaired) electrons. The summed E-state index contributed by atoms with van der Waals surface area (Å²) in [7, 11) is 0. The summed E-state index contributed by atoms with van der Waals surface area (Å²) in [5, 5.41) is 8.70. The summed E-state index contributed by atoms with van der Waals surface area (Å²) in [4.78, 5) is 21.8. The molecule has 60 valence electrons. The Bertz CT molecular complexity index is 221. The molecule has 11 heavy (non-hydrogen) atoms. The van der Waals surface area contributed by atoms with Gasteiger partial charge in [-0.3, -0.25) is 9.59 Å². The van der Waals surface area contributed by atoms with Gasteiger partial charge in [0.1, 0.15) is 5.78 Å². The van der Waals surface area contributed by atoms with Crippen LogP contribution in [-0.2, 0) is 9.59 Å². The monoisotopic (exact) mass is 154 g/mol. The molecule has 0 aliphatic heterocycles. The van der Waals surface area contributed by atoms with E-state index in [1.54, 1.807) is 0 Å². The number of carboxylic acids is 1. The Morgan fingerprint density at radius 1 is 1.45 bits per heavy atom. The van der Waals surface area contributed by atoms with E-state index < -0.39 is 5.97 Å². The number of carbonyl (C=O) groups excluding carboxylic acids is 1. The van der Waals surface area contributed by atoms with Crippen molar-refractivity contribution in [3.05, 3.63) is 0 Å². The average Bonchev–Trinajstić information content (AvgIpc) is 2.46. The average molecular weight is 154 g/mol. The van der Waals surface area contributed by atoms with Crippen molar-refractivity contribution in [1.82, 2.24) is 0 Å². The number of Topliss-reactive ketones (excluding diaryl/α,β-unsaturated/α-hetero) is 1. The summed E-state index contributed by atoms with van der Waals surface area (Å²) in [6.45, 7) is 0. The fraction of sp³-hybridized carbons (Fsp3) is 0.750. The lowest BCUT2D eigenvalue weighted by Gasteiger charge is -2.14. The first-order valence-corrected chi connectivity index (χ1v) is 3.96. The van der Waals surface area contributed by atoms with E-state index in [0.717, 1.165) is 12.8 Å². The third kappa shape index (κ3) is 0.800. The maximum Gasteiger partial charge on any atom is 0.307 e. The number of fused-ring (bicyclic) bond motifs is 2. The first kappa shape index (κ1) is 6.83. The van der Waals surface area contributed by atoms with Gasteiger partial charge in [0.2, 0.25) is 0 Å². The Kier molecular flexibility index (Phi) is 1.28. The molecule has 2 fully saturated rings. The van der Waals surface area contributed by atoms with Crippen molar-refractivity contribution in [2.24, 2.45) is 17.8 Å². The Hall–Kier alpha value is -0.860. The van der Waals surface area contributed by atoms with Crippen LogP contribution in [0.25, 0.3) is 0 Å². The number of carbonyl (C=O) groups is 2. The molecule has 3 atom stereocenters. The number of aliphatic carboxylic acids is 1. The van der Waals surface area contributed by atoms with Crippen molar-refractivity contribution in [2.45, 2.75) is 19.3 Å². The number of rotatable bonds is 1. The zero-order valence-corrected chi connectivity index (χ0v) is 6.12. The van der Waals surface area contributed by atoms with Crippen LogP contribution in [0.5, 0.6) is 0 Å². The van der Waals surface area contributed by atoms with Crippen LogP contribution < -0.4 is 0 Å². The van der Waals surface area contributed by atoms with E-state index in [0.29, 0.717) is 6.42 Å². The largest absolute Gasteiger partial charge is 0.481 e. The minimum Gasteiger partial charge on any atom is -0.481 e. The molecule has 2 bridgehead atoms. The summed E-state index contributed by atoms with van der Waals surface area (Å²) >= 11 is 0. The topological polar surface area (TPSA) is 54.4 Å². The molecule has 0 saturated heterocycles. The van der Waals surface area contributed by atoms with Gasteiger partial charge in [0.05, 0.1) is 5.92 Å². The highest BCUT2D eigenvalue weighted by Crippen LogP contribution is 2.45. The lowest BCUT2D eigenvalue weighted by Crippen LogP contribution is -2.21. The fourth-order valence-corrected chi connectivity index (χ4v) is 2.35. The molecule has 3 nitrogen and oxygen atoms in total. The number of ketones is 1. The highest BCUT2D eigenvalue weighted by atomic mass is 16.4. The predicted molar refractivity (Wildman–Crippen MR) is 37.0 cm³/mol. The summed E-state index contributed by atoms with van der Waals surface area (Å²) in [6, 6.07) is 0. The van der Waals surface area contributed by atoms with Crippen molar-refractivity contribution >= 4 is 11.8 Å². The number of hydrogen-bond donors (Lipinski definition) is 1. The molecule has 1 N–H and O–H groups in total. The molecule has 2 aliphatic rings. The molecule has 0 aromatic heterocycles. The predicted octanol–water partition coefficient (Wildman–Crippen LogP) is 0.686. The minimum absolute atomic E-state index is 0.0844. The van der Waals surface area contributed by atoms with Crippen molar-refractivity contribution in [1.29, 1.82) is 0 Å². The lowest BCUT2D eigenvalue weighted by molar-refractivity contribution is -0.144. The molecule has 0 aromatic rings. The molecule has 3 unspecified atom stereocenters. The zero-order chi connectivity index (χ0) is 8.01. The maximum atomic E-state index is 11.2. The maximum absolute atomic E-state index is 11.2. The van der Waals surface area contributed by atoms with Crippen LogP contribution in [0.15, 0.2) is 0 Å². The smallest absolute Gasteiger partial charge is 0.307 e. The second kappa shape index (κ2) is 2.06. The summed E-state index contributed by atoms with van der Waals surface area (Å²) in [5.41, 5.74) is 0. The standard InChI is InChI=1S/C8H10O3/c9-7-4-1-2-5(7)6(3-4)8(10)11/h4-6H,1-3H2,(H,10,11). The van der Waals surface area contributed by atoms with E-state index in [4.69, 9.17) is 5.11 Å². The van der Waals surface area contributed by atoms with Crippen molar-refractivity contribution in [3.63, 3.8) is 0 Å². The quantitative estimate of drug-likeness (QED) is 0.604. The van der Waals surface area contributed by atoms with Crippen LogP contribution in [0.2, 0.25) is 0 Å². The van der Waals surface area contributed by atoms with Gasteiger partial charge in [0.25, 0.3) is 0 Å². The number of hydrogen-bond acceptors (Lipinski definition) is 2. The zero-order valence-electron chi connectivity index (χ0n) is 6.12. The van der Waals surface area contributed by atoms with Crippen LogP contribution in [0.3, 0.4) is 0 Å². The van der Waals surface area contributed by atoms with Gasteiger partial charge >= 0.3 is 5.97 Å². The molecular weight excluding hydrogens is 144 g/mol. The van der Waals surface area contributed by atoms with E-state index in [-0.39, 0.29) is 23.5 Å². The van der Waals surface area contributed by atoms with Gasteiger partial charge in [-0.25, -0.2) is 0 Å². The van der Waals surface area contributed by atoms with E-state index in [1.807, 2.05) is 0 Å². The van der Waals surface area contributed by atoms with Crippen LogP contribution in [0.4, 0.5) is 0 Å². The van der Waals surface area contributed by atoms with Crippen LogP contribution in [0, 0.1) is 17.8 Å². The minimum atomic E-state index is -0.787. The van der Waals surface area contributed by atoms with Gasteiger partial charge in [-0.05, 0) is 19.3 Å². The third-order valence-electron chi connectivity index (χ3n) is 2.94. The highest BCUT2D eigenvalue weighted by Gasteiger charge is 2.49. The second-order valence-electron chi connectivity index (χ2n) is 3.46. The summed E-state index contributed by atoms with van der Waals surface area (Å²) in [6.07, 6.45) is 2.33. The first-order chi connectivity index (χ1) is 5.20. The van der Waals surface area contributed by atoms with Gasteiger partial charge in [-0.1, -0.05) is 0 Å². The first-order valence-electron chi connectivity index (χ1n) is 3.96. The van der Waals surface area contributed by atoms with Crippen LogP contribution in [-0.4, -0.2) is 16.9 Å². The fourth-order valence-electron chi connectivity index (χ4n) is 2.35. The summed E-state index contributed by atoms with van der Waals surface area (Å²) in [5.74, 6) is -0.997. The Morgan fingerprint density at radius 3 is 2.45 bits per heavy atom. The van der Waals surface area contributed by atoms with E-state index >= 15 is 0 Å². The second-order valence-corrected chi connectivity index (χ2v) is 3.46. The normalized spacial score (nSPS) is 41.5. The van der Waals surface area contributed by atoms with E-state index in [2.05, 4.69) is 0 Å². The Morgan fingerprint density at radius 2 is 2.18 bits per heavy atom. The molecule has 3 heteroatoms. The van der Waals surface area contributed by atoms with Crippen LogP contribution >= 0.6 is 0 Å². The third-order valence-corrected chi connectivity index (χ3v) is 2.94.